The van der Waals surface area contributed by atoms with E-state index in [9.17, 15) is 13.2 Å². The lowest BCUT2D eigenvalue weighted by Crippen LogP contribution is -2.37. The molecule has 3 aromatic rings. The van der Waals surface area contributed by atoms with Crippen molar-refractivity contribution in [2.24, 2.45) is 0 Å². The highest BCUT2D eigenvalue weighted by molar-refractivity contribution is 7.92. The molecule has 0 radical (unpaired) electrons. The van der Waals surface area contributed by atoms with Gasteiger partial charge in [-0.3, -0.25) is 9.69 Å². The summed E-state index contributed by atoms with van der Waals surface area (Å²) in [6.07, 6.45) is 1.64. The summed E-state index contributed by atoms with van der Waals surface area (Å²) in [6, 6.07) is 14.2. The van der Waals surface area contributed by atoms with Gasteiger partial charge in [0.15, 0.2) is 15.0 Å². The number of fused-ring (bicyclic) bond motifs is 1. The summed E-state index contributed by atoms with van der Waals surface area (Å²) in [6.45, 7) is 3.30. The van der Waals surface area contributed by atoms with Crippen LogP contribution in [0.5, 0.6) is 0 Å². The second kappa shape index (κ2) is 9.68. The van der Waals surface area contributed by atoms with Crippen molar-refractivity contribution in [1.82, 2.24) is 9.88 Å². The van der Waals surface area contributed by atoms with Crippen molar-refractivity contribution in [3.8, 4) is 0 Å². The first kappa shape index (κ1) is 22.4. The third kappa shape index (κ3) is 5.44. The summed E-state index contributed by atoms with van der Waals surface area (Å²) in [4.78, 5) is 21.5. The van der Waals surface area contributed by atoms with Crippen LogP contribution in [0.2, 0.25) is 0 Å². The molecule has 30 heavy (non-hydrogen) atoms. The van der Waals surface area contributed by atoms with Crippen LogP contribution in [0, 0.1) is 0 Å². The number of hydrogen-bond acceptors (Lipinski definition) is 6. The quantitative estimate of drug-likeness (QED) is 0.503. The number of aromatic nitrogens is 1. The molecule has 2 aromatic carbocycles. The summed E-state index contributed by atoms with van der Waals surface area (Å²) in [5, 5.41) is 0.547. The van der Waals surface area contributed by atoms with Crippen molar-refractivity contribution in [3.63, 3.8) is 0 Å². The molecule has 0 fully saturated rings. The summed E-state index contributed by atoms with van der Waals surface area (Å²) in [5.74, 6) is -1.03. The summed E-state index contributed by atoms with van der Waals surface area (Å²) in [5.41, 5.74) is 2.03. The minimum atomic E-state index is -3.72. The molecule has 1 amide bonds. The highest BCUT2D eigenvalue weighted by Crippen LogP contribution is 2.30. The van der Waals surface area contributed by atoms with Gasteiger partial charge in [-0.15, -0.1) is 0 Å². The standard InChI is InChI=1S/C22H27N3O3S2/c1-4-17-11-12-19-20(15-17)29-22(23-19)25(14-8-13-24(2)3)21(26)16-30(27,28)18-9-6-5-7-10-18/h5-7,9-12,15H,4,8,13-14,16H2,1-3H3. The van der Waals surface area contributed by atoms with Gasteiger partial charge in [0.05, 0.1) is 15.1 Å². The van der Waals surface area contributed by atoms with Crippen LogP contribution in [0.4, 0.5) is 5.13 Å². The van der Waals surface area contributed by atoms with E-state index in [0.29, 0.717) is 11.7 Å². The number of rotatable bonds is 9. The molecule has 0 bridgehead atoms. The van der Waals surface area contributed by atoms with Gasteiger partial charge in [0.2, 0.25) is 5.91 Å². The SMILES string of the molecule is CCc1ccc2nc(N(CCCN(C)C)C(=O)CS(=O)(=O)c3ccccc3)sc2c1. The van der Waals surface area contributed by atoms with Gasteiger partial charge in [-0.1, -0.05) is 42.5 Å². The molecule has 0 aliphatic carbocycles. The fraction of sp³-hybridized carbons (Fsp3) is 0.364. The third-order valence-electron chi connectivity index (χ3n) is 4.78. The van der Waals surface area contributed by atoms with Gasteiger partial charge in [0, 0.05) is 6.54 Å². The Bertz CT molecular complexity index is 1110. The van der Waals surface area contributed by atoms with Crippen molar-refractivity contribution in [1.29, 1.82) is 0 Å². The molecule has 3 rings (SSSR count). The smallest absolute Gasteiger partial charge is 0.244 e. The van der Waals surface area contributed by atoms with Crippen molar-refractivity contribution in [2.45, 2.75) is 24.7 Å². The molecule has 1 heterocycles. The highest BCUT2D eigenvalue weighted by atomic mass is 32.2. The van der Waals surface area contributed by atoms with Crippen LogP contribution in [0.15, 0.2) is 53.4 Å². The monoisotopic (exact) mass is 445 g/mol. The zero-order chi connectivity index (χ0) is 21.7. The van der Waals surface area contributed by atoms with Crippen molar-refractivity contribution in [3.05, 3.63) is 54.1 Å². The number of carbonyl (C=O) groups is 1. The molecular weight excluding hydrogens is 418 g/mol. The topological polar surface area (TPSA) is 70.6 Å². The fourth-order valence-electron chi connectivity index (χ4n) is 3.12. The van der Waals surface area contributed by atoms with Crippen molar-refractivity contribution < 1.29 is 13.2 Å². The van der Waals surface area contributed by atoms with Crippen LogP contribution >= 0.6 is 11.3 Å². The molecule has 0 aliphatic rings. The molecular formula is C22H27N3O3S2. The average molecular weight is 446 g/mol. The normalized spacial score (nSPS) is 11.9. The predicted octanol–water partition coefficient (Wildman–Crippen LogP) is 3.62. The minimum Gasteiger partial charge on any atom is -0.309 e. The Morgan fingerprint density at radius 1 is 1.07 bits per heavy atom. The Labute approximate surface area is 182 Å². The number of benzene rings is 2. The first-order valence-corrected chi connectivity index (χ1v) is 12.4. The molecule has 6 nitrogen and oxygen atoms in total. The first-order valence-electron chi connectivity index (χ1n) is 9.92. The number of amides is 1. The zero-order valence-electron chi connectivity index (χ0n) is 17.5. The maximum Gasteiger partial charge on any atom is 0.244 e. The molecule has 0 atom stereocenters. The van der Waals surface area contributed by atoms with Crippen LogP contribution < -0.4 is 4.90 Å². The maximum absolute atomic E-state index is 13.1. The molecule has 0 saturated carbocycles. The second-order valence-corrected chi connectivity index (χ2v) is 10.4. The number of anilines is 1. The van der Waals surface area contributed by atoms with E-state index in [1.165, 1.54) is 33.9 Å². The Morgan fingerprint density at radius 3 is 2.47 bits per heavy atom. The van der Waals surface area contributed by atoms with Crippen LogP contribution in [0.1, 0.15) is 18.9 Å². The van der Waals surface area contributed by atoms with Gasteiger partial charge >= 0.3 is 0 Å². The van der Waals surface area contributed by atoms with Gasteiger partial charge in [0.1, 0.15) is 5.75 Å². The Hall–Kier alpha value is -2.29. The first-order chi connectivity index (χ1) is 14.3. The molecule has 0 saturated heterocycles. The van der Waals surface area contributed by atoms with Gasteiger partial charge in [-0.25, -0.2) is 13.4 Å². The molecule has 0 unspecified atom stereocenters. The number of nitrogens with zero attached hydrogens (tertiary/aromatic N) is 3. The Kier molecular flexibility index (Phi) is 7.23. The van der Waals surface area contributed by atoms with E-state index in [1.54, 1.807) is 18.2 Å². The van der Waals surface area contributed by atoms with E-state index in [4.69, 9.17) is 0 Å². The lowest BCUT2D eigenvalue weighted by molar-refractivity contribution is -0.116. The number of carbonyl (C=O) groups excluding carboxylic acids is 1. The predicted molar refractivity (Wildman–Crippen MR) is 123 cm³/mol. The molecule has 8 heteroatoms. The number of hydrogen-bond donors (Lipinski definition) is 0. The Morgan fingerprint density at radius 2 is 1.80 bits per heavy atom. The van der Waals surface area contributed by atoms with Crippen molar-refractivity contribution >= 4 is 42.4 Å². The highest BCUT2D eigenvalue weighted by Gasteiger charge is 2.26. The van der Waals surface area contributed by atoms with Crippen LogP contribution in [-0.2, 0) is 21.1 Å². The molecule has 0 N–H and O–H groups in total. The number of thiazole rings is 1. The van der Waals surface area contributed by atoms with E-state index in [2.05, 4.69) is 18.0 Å². The Balaban J connectivity index is 1.89. The van der Waals surface area contributed by atoms with Crippen molar-refractivity contribution in [2.75, 3.05) is 37.8 Å². The largest absolute Gasteiger partial charge is 0.309 e. The van der Waals surface area contributed by atoms with E-state index < -0.39 is 21.5 Å². The molecule has 160 valence electrons. The van der Waals surface area contributed by atoms with Crippen LogP contribution in [0.3, 0.4) is 0 Å². The van der Waals surface area contributed by atoms with Gasteiger partial charge in [-0.2, -0.15) is 0 Å². The van der Waals surface area contributed by atoms with E-state index in [1.807, 2.05) is 31.1 Å². The fourth-order valence-corrected chi connectivity index (χ4v) is 5.41. The zero-order valence-corrected chi connectivity index (χ0v) is 19.2. The van der Waals surface area contributed by atoms with Crippen LogP contribution in [-0.4, -0.2) is 57.1 Å². The van der Waals surface area contributed by atoms with Gasteiger partial charge < -0.3 is 4.90 Å². The number of aryl methyl sites for hydroxylation is 1. The molecule has 1 aromatic heterocycles. The molecule has 0 aliphatic heterocycles. The lowest BCUT2D eigenvalue weighted by atomic mass is 10.2. The van der Waals surface area contributed by atoms with E-state index in [0.717, 1.165) is 29.6 Å². The van der Waals surface area contributed by atoms with E-state index in [-0.39, 0.29) is 4.90 Å². The lowest BCUT2D eigenvalue weighted by Gasteiger charge is -2.21. The van der Waals surface area contributed by atoms with Gasteiger partial charge in [-0.05, 0) is 63.3 Å². The maximum atomic E-state index is 13.1. The summed E-state index contributed by atoms with van der Waals surface area (Å²) < 4.78 is 26.5. The third-order valence-corrected chi connectivity index (χ3v) is 7.44. The van der Waals surface area contributed by atoms with Crippen LogP contribution in [0.25, 0.3) is 10.2 Å². The summed E-state index contributed by atoms with van der Waals surface area (Å²) >= 11 is 1.43. The molecule has 0 spiro atoms. The van der Waals surface area contributed by atoms with E-state index >= 15 is 0 Å². The minimum absolute atomic E-state index is 0.156. The number of sulfone groups is 1. The second-order valence-electron chi connectivity index (χ2n) is 7.43. The van der Waals surface area contributed by atoms with Gasteiger partial charge in [0.25, 0.3) is 0 Å². The average Bonchev–Trinajstić information content (AvgIpc) is 3.13. The summed E-state index contributed by atoms with van der Waals surface area (Å²) in [7, 11) is 0.217.